The zero-order valence-electron chi connectivity index (χ0n) is 26.7. The second-order valence-corrected chi connectivity index (χ2v) is 12.6. The average Bonchev–Trinajstić information content (AvgIpc) is 3.05. The molecule has 2 fully saturated rings. The maximum absolute atomic E-state index is 14.5. The fourth-order valence-corrected chi connectivity index (χ4v) is 6.79. The summed E-state index contributed by atoms with van der Waals surface area (Å²) in [7, 11) is 1.88. The lowest BCUT2D eigenvalue weighted by Crippen LogP contribution is -2.55. The molecular weight excluding hydrogens is 591 g/mol. The van der Waals surface area contributed by atoms with Crippen LogP contribution in [0, 0.1) is 18.7 Å². The molecule has 3 N–H and O–H groups in total. The number of rotatable bonds is 11. The number of hydrogen-bond donors (Lipinski definition) is 2. The number of aromatic nitrogens is 1. The summed E-state index contributed by atoms with van der Waals surface area (Å²) in [4.78, 5) is 24.5. The van der Waals surface area contributed by atoms with Crippen LogP contribution in [0.15, 0.2) is 48.7 Å². The largest absolute Gasteiger partial charge is 0.493 e. The molecule has 45 heavy (non-hydrogen) atoms. The van der Waals surface area contributed by atoms with Crippen LogP contribution in [0.4, 0.5) is 10.2 Å². The van der Waals surface area contributed by atoms with Gasteiger partial charge in [0.25, 0.3) is 0 Å². The molecule has 5 rings (SSSR count). The Labute approximate surface area is 271 Å². The normalized spacial score (nSPS) is 17.3. The average molecular weight is 637 g/mol. The number of ether oxygens (including phenoxy) is 1. The van der Waals surface area contributed by atoms with Crippen LogP contribution in [0.1, 0.15) is 36.5 Å². The number of piperidine rings is 1. The van der Waals surface area contributed by atoms with Gasteiger partial charge < -0.3 is 25.6 Å². The zero-order chi connectivity index (χ0) is 31.9. The summed E-state index contributed by atoms with van der Waals surface area (Å²) in [6.45, 7) is 10.2. The number of carbonyl (C=O) groups is 1. The molecule has 3 heterocycles. The van der Waals surface area contributed by atoms with Gasteiger partial charge in [0.1, 0.15) is 17.4 Å². The third kappa shape index (κ3) is 8.14. The number of likely N-dealkylation sites (tertiary alicyclic amines) is 1. The maximum Gasteiger partial charge on any atom is 0.239 e. The number of hydrogen-bond acceptors (Lipinski definition) is 7. The molecule has 0 aliphatic carbocycles. The van der Waals surface area contributed by atoms with E-state index in [9.17, 15) is 9.18 Å². The number of amides is 1. The molecule has 10 heteroatoms. The van der Waals surface area contributed by atoms with E-state index in [-0.39, 0.29) is 17.6 Å². The molecule has 2 aliphatic heterocycles. The number of nitrogens with one attached hydrogen (secondary N) is 1. The predicted octanol–water partition coefficient (Wildman–Crippen LogP) is 5.22. The Hall–Kier alpha value is -3.24. The van der Waals surface area contributed by atoms with Crippen molar-refractivity contribution in [1.29, 1.82) is 0 Å². The first kappa shape index (κ1) is 33.1. The van der Waals surface area contributed by atoms with Gasteiger partial charge >= 0.3 is 0 Å². The molecule has 2 aliphatic rings. The highest BCUT2D eigenvalue weighted by molar-refractivity contribution is 6.30. The third-order valence-corrected chi connectivity index (χ3v) is 9.49. The summed E-state index contributed by atoms with van der Waals surface area (Å²) in [5, 5.41) is 3.86. The molecule has 1 atom stereocenters. The van der Waals surface area contributed by atoms with Crippen LogP contribution in [-0.2, 0) is 17.8 Å². The van der Waals surface area contributed by atoms with E-state index in [0.717, 1.165) is 66.4 Å². The number of nitrogens with two attached hydrogens (primary N) is 1. The van der Waals surface area contributed by atoms with Crippen molar-refractivity contribution in [3.8, 4) is 16.9 Å². The Bertz CT molecular complexity index is 1460. The SMILES string of the molecule is CCOc1cccc(F)c1CN1CCN(C(=O)[C@H](N)C2CCN(CCc3cc(Cl)ccc3-c3cnc(NC)c(C)c3)CC2)CC1. The fourth-order valence-electron chi connectivity index (χ4n) is 6.59. The molecule has 0 spiro atoms. The molecule has 242 valence electrons. The first-order valence-electron chi connectivity index (χ1n) is 16.1. The standard InChI is InChI=1S/C35H46ClFN6O2/c1-4-45-32-7-5-6-31(37)30(32)23-42-16-18-43(19-17-42)35(44)33(38)25-10-13-41(14-11-25)15-12-26-21-28(36)8-9-29(26)27-20-24(2)34(39-3)40-22-27/h5-9,20-22,25,33H,4,10-19,23,38H2,1-3H3,(H,39,40)/t33-/m1/s1. The number of benzene rings is 2. The van der Waals surface area contributed by atoms with Crippen molar-refractivity contribution in [3.05, 3.63) is 76.2 Å². The Kier molecular flexibility index (Phi) is 11.3. The topological polar surface area (TPSA) is 87.0 Å². The molecule has 3 aromatic rings. The predicted molar refractivity (Wildman–Crippen MR) is 179 cm³/mol. The lowest BCUT2D eigenvalue weighted by atomic mass is 9.88. The summed E-state index contributed by atoms with van der Waals surface area (Å²) in [5.74, 6) is 1.41. The Morgan fingerprint density at radius 2 is 1.87 bits per heavy atom. The van der Waals surface area contributed by atoms with E-state index in [2.05, 4.69) is 45.2 Å². The Morgan fingerprint density at radius 1 is 1.11 bits per heavy atom. The molecule has 1 aromatic heterocycles. The first-order chi connectivity index (χ1) is 21.8. The molecule has 0 unspecified atom stereocenters. The zero-order valence-corrected chi connectivity index (χ0v) is 27.5. The minimum atomic E-state index is -0.495. The number of piperazine rings is 1. The number of aryl methyl sites for hydroxylation is 1. The van der Waals surface area contributed by atoms with Gasteiger partial charge in [0, 0.05) is 68.7 Å². The summed E-state index contributed by atoms with van der Waals surface area (Å²) in [5.41, 5.74) is 11.7. The smallest absolute Gasteiger partial charge is 0.239 e. The van der Waals surface area contributed by atoms with Gasteiger partial charge in [-0.2, -0.15) is 0 Å². The van der Waals surface area contributed by atoms with E-state index >= 15 is 0 Å². The van der Waals surface area contributed by atoms with Crippen LogP contribution in [0.25, 0.3) is 11.1 Å². The van der Waals surface area contributed by atoms with Crippen LogP contribution < -0.4 is 15.8 Å². The second kappa shape index (κ2) is 15.4. The van der Waals surface area contributed by atoms with Crippen molar-refractivity contribution in [2.45, 2.75) is 45.7 Å². The fraction of sp³-hybridized carbons (Fsp3) is 0.486. The monoisotopic (exact) mass is 636 g/mol. The summed E-state index contributed by atoms with van der Waals surface area (Å²) < 4.78 is 20.2. The highest BCUT2D eigenvalue weighted by atomic mass is 35.5. The molecule has 2 saturated heterocycles. The molecular formula is C35H46ClFN6O2. The quantitative estimate of drug-likeness (QED) is 0.299. The van der Waals surface area contributed by atoms with Gasteiger partial charge in [-0.05, 0) is 99.1 Å². The number of nitrogens with zero attached hydrogens (tertiary/aromatic N) is 4. The van der Waals surface area contributed by atoms with E-state index in [4.69, 9.17) is 22.1 Å². The molecule has 1 amide bonds. The minimum Gasteiger partial charge on any atom is -0.493 e. The molecule has 0 saturated carbocycles. The van der Waals surface area contributed by atoms with Crippen molar-refractivity contribution in [1.82, 2.24) is 19.7 Å². The molecule has 0 bridgehead atoms. The van der Waals surface area contributed by atoms with Crippen LogP contribution in [-0.4, -0.2) is 91.1 Å². The number of pyridine rings is 1. The highest BCUT2D eigenvalue weighted by Gasteiger charge is 2.33. The van der Waals surface area contributed by atoms with Gasteiger partial charge in [-0.25, -0.2) is 9.37 Å². The van der Waals surface area contributed by atoms with Gasteiger partial charge in [0.05, 0.1) is 12.6 Å². The highest BCUT2D eigenvalue weighted by Crippen LogP contribution is 2.30. The Morgan fingerprint density at radius 3 is 2.56 bits per heavy atom. The van der Waals surface area contributed by atoms with Crippen LogP contribution in [0.3, 0.4) is 0 Å². The van der Waals surface area contributed by atoms with E-state index in [0.29, 0.717) is 50.6 Å². The van der Waals surface area contributed by atoms with Crippen LogP contribution in [0.2, 0.25) is 5.02 Å². The van der Waals surface area contributed by atoms with Gasteiger partial charge in [-0.1, -0.05) is 23.7 Å². The van der Waals surface area contributed by atoms with E-state index < -0.39 is 6.04 Å². The van der Waals surface area contributed by atoms with Gasteiger partial charge in [0.15, 0.2) is 0 Å². The lowest BCUT2D eigenvalue weighted by molar-refractivity contribution is -0.136. The minimum absolute atomic E-state index is 0.0331. The summed E-state index contributed by atoms with van der Waals surface area (Å²) in [6, 6.07) is 12.7. The van der Waals surface area contributed by atoms with Gasteiger partial charge in [-0.3, -0.25) is 9.69 Å². The molecule has 0 radical (unpaired) electrons. The molecule has 8 nitrogen and oxygen atoms in total. The summed E-state index contributed by atoms with van der Waals surface area (Å²) >= 11 is 6.41. The van der Waals surface area contributed by atoms with Crippen molar-refractivity contribution < 1.29 is 13.9 Å². The number of carbonyl (C=O) groups excluding carboxylic acids is 1. The Balaban J connectivity index is 1.10. The second-order valence-electron chi connectivity index (χ2n) is 12.1. The lowest BCUT2D eigenvalue weighted by Gasteiger charge is -2.39. The van der Waals surface area contributed by atoms with E-state index in [1.165, 1.54) is 11.6 Å². The number of halogens is 2. The van der Waals surface area contributed by atoms with Crippen molar-refractivity contribution in [2.75, 3.05) is 64.8 Å². The third-order valence-electron chi connectivity index (χ3n) is 9.26. The summed E-state index contributed by atoms with van der Waals surface area (Å²) in [6.07, 6.45) is 4.59. The molecule has 2 aromatic carbocycles. The van der Waals surface area contributed by atoms with Crippen LogP contribution in [0.5, 0.6) is 5.75 Å². The van der Waals surface area contributed by atoms with Crippen molar-refractivity contribution in [2.24, 2.45) is 11.7 Å². The van der Waals surface area contributed by atoms with Gasteiger partial charge in [0.2, 0.25) is 5.91 Å². The van der Waals surface area contributed by atoms with E-state index in [1.807, 2.05) is 37.2 Å². The van der Waals surface area contributed by atoms with Gasteiger partial charge in [-0.15, -0.1) is 0 Å². The first-order valence-corrected chi connectivity index (χ1v) is 16.5. The van der Waals surface area contributed by atoms with E-state index in [1.54, 1.807) is 6.07 Å². The number of anilines is 1. The van der Waals surface area contributed by atoms with Crippen molar-refractivity contribution >= 4 is 23.3 Å². The van der Waals surface area contributed by atoms with Crippen LogP contribution >= 0.6 is 11.6 Å². The van der Waals surface area contributed by atoms with Crippen molar-refractivity contribution in [3.63, 3.8) is 0 Å². The maximum atomic E-state index is 14.5.